The van der Waals surface area contributed by atoms with E-state index in [0.717, 1.165) is 33.4 Å². The third-order valence-electron chi connectivity index (χ3n) is 3.61. The van der Waals surface area contributed by atoms with E-state index in [9.17, 15) is 0 Å². The van der Waals surface area contributed by atoms with Crippen molar-refractivity contribution in [1.82, 2.24) is 9.55 Å². The SMILES string of the molecule is Cc1ccc2nc(CCCl)n(-c3ccc(C)c(Br)c3)c2c1. The maximum absolute atomic E-state index is 5.95. The summed E-state index contributed by atoms with van der Waals surface area (Å²) in [5.74, 6) is 1.57. The predicted octanol–water partition coefficient (Wildman–Crippen LogP) is 5.19. The van der Waals surface area contributed by atoms with E-state index in [0.29, 0.717) is 5.88 Å². The summed E-state index contributed by atoms with van der Waals surface area (Å²) in [5, 5.41) is 0. The number of hydrogen-bond acceptors (Lipinski definition) is 1. The second-order valence-electron chi connectivity index (χ2n) is 5.23. The zero-order valence-corrected chi connectivity index (χ0v) is 14.4. The maximum atomic E-state index is 5.95. The van der Waals surface area contributed by atoms with Crippen LogP contribution in [0, 0.1) is 13.8 Å². The fourth-order valence-corrected chi connectivity index (χ4v) is 3.03. The second kappa shape index (κ2) is 5.82. The third kappa shape index (κ3) is 2.72. The van der Waals surface area contributed by atoms with Crippen molar-refractivity contribution < 1.29 is 0 Å². The molecule has 0 radical (unpaired) electrons. The number of aromatic nitrogens is 2. The number of halogens is 2. The lowest BCUT2D eigenvalue weighted by Gasteiger charge is -2.10. The van der Waals surface area contributed by atoms with Gasteiger partial charge in [-0.15, -0.1) is 11.6 Å². The smallest absolute Gasteiger partial charge is 0.115 e. The van der Waals surface area contributed by atoms with Gasteiger partial charge >= 0.3 is 0 Å². The summed E-state index contributed by atoms with van der Waals surface area (Å²) in [6, 6.07) is 12.7. The quantitative estimate of drug-likeness (QED) is 0.586. The van der Waals surface area contributed by atoms with Crippen LogP contribution < -0.4 is 0 Å². The monoisotopic (exact) mass is 362 g/mol. The molecule has 0 atom stereocenters. The summed E-state index contributed by atoms with van der Waals surface area (Å²) in [6.45, 7) is 4.19. The molecule has 3 rings (SSSR count). The molecule has 0 saturated heterocycles. The molecule has 0 unspecified atom stereocenters. The Balaban J connectivity index is 2.29. The molecule has 0 aliphatic carbocycles. The molecule has 0 N–H and O–H groups in total. The highest BCUT2D eigenvalue weighted by atomic mass is 79.9. The Morgan fingerprint density at radius 1 is 1.14 bits per heavy atom. The number of hydrogen-bond donors (Lipinski definition) is 0. The number of fused-ring (bicyclic) bond motifs is 1. The minimum absolute atomic E-state index is 0.565. The highest BCUT2D eigenvalue weighted by Crippen LogP contribution is 2.26. The third-order valence-corrected chi connectivity index (χ3v) is 4.65. The number of imidazole rings is 1. The van der Waals surface area contributed by atoms with E-state index in [1.807, 2.05) is 0 Å². The van der Waals surface area contributed by atoms with Crippen LogP contribution in [0.15, 0.2) is 40.9 Å². The topological polar surface area (TPSA) is 17.8 Å². The summed E-state index contributed by atoms with van der Waals surface area (Å²) >= 11 is 9.56. The van der Waals surface area contributed by atoms with Gasteiger partial charge in [-0.1, -0.05) is 28.1 Å². The molecule has 0 aliphatic heterocycles. The molecule has 2 nitrogen and oxygen atoms in total. The summed E-state index contributed by atoms with van der Waals surface area (Å²) in [5.41, 5.74) is 5.70. The van der Waals surface area contributed by atoms with E-state index in [-0.39, 0.29) is 0 Å². The lowest BCUT2D eigenvalue weighted by molar-refractivity contribution is 0.911. The summed E-state index contributed by atoms with van der Waals surface area (Å²) in [4.78, 5) is 4.74. The van der Waals surface area contributed by atoms with Crippen LogP contribution in [-0.4, -0.2) is 15.4 Å². The molecule has 1 aromatic heterocycles. The normalized spacial score (nSPS) is 11.2. The van der Waals surface area contributed by atoms with E-state index in [2.05, 4.69) is 70.7 Å². The highest BCUT2D eigenvalue weighted by molar-refractivity contribution is 9.10. The number of benzene rings is 2. The van der Waals surface area contributed by atoms with Crippen molar-refractivity contribution in [3.63, 3.8) is 0 Å². The lowest BCUT2D eigenvalue weighted by atomic mass is 10.2. The van der Waals surface area contributed by atoms with Crippen molar-refractivity contribution in [1.29, 1.82) is 0 Å². The molecular formula is C17H16BrClN2. The molecule has 4 heteroatoms. The van der Waals surface area contributed by atoms with Crippen molar-refractivity contribution >= 4 is 38.6 Å². The van der Waals surface area contributed by atoms with Gasteiger partial charge in [-0.3, -0.25) is 4.57 Å². The van der Waals surface area contributed by atoms with E-state index in [1.54, 1.807) is 0 Å². The molecule has 0 bridgehead atoms. The largest absolute Gasteiger partial charge is 0.296 e. The van der Waals surface area contributed by atoms with Gasteiger partial charge < -0.3 is 0 Å². The van der Waals surface area contributed by atoms with Crippen LogP contribution in [0.2, 0.25) is 0 Å². The van der Waals surface area contributed by atoms with E-state index >= 15 is 0 Å². The minimum atomic E-state index is 0.565. The Morgan fingerprint density at radius 2 is 1.95 bits per heavy atom. The van der Waals surface area contributed by atoms with Gasteiger partial charge in [-0.2, -0.15) is 0 Å². The average molecular weight is 364 g/mol. The van der Waals surface area contributed by atoms with Gasteiger partial charge in [0.25, 0.3) is 0 Å². The Hall–Kier alpha value is -1.32. The minimum Gasteiger partial charge on any atom is -0.296 e. The van der Waals surface area contributed by atoms with Crippen LogP contribution >= 0.6 is 27.5 Å². The maximum Gasteiger partial charge on any atom is 0.115 e. The van der Waals surface area contributed by atoms with E-state index in [1.165, 1.54) is 11.1 Å². The van der Waals surface area contributed by atoms with Gasteiger partial charge in [-0.05, 0) is 49.2 Å². The Kier molecular flexibility index (Phi) is 4.05. The number of rotatable bonds is 3. The standard InChI is InChI=1S/C17H16BrClN2/c1-11-3-6-15-16(9-11)21(17(20-15)7-8-19)13-5-4-12(2)14(18)10-13/h3-6,9-10H,7-8H2,1-2H3. The highest BCUT2D eigenvalue weighted by Gasteiger charge is 2.13. The first-order chi connectivity index (χ1) is 10.1. The molecule has 2 aromatic carbocycles. The molecule has 108 valence electrons. The molecule has 0 saturated carbocycles. The Bertz CT molecular complexity index is 808. The summed E-state index contributed by atoms with van der Waals surface area (Å²) in [7, 11) is 0. The van der Waals surface area contributed by atoms with Crippen molar-refractivity contribution in [2.24, 2.45) is 0 Å². The molecule has 3 aromatic rings. The van der Waals surface area contributed by atoms with Gasteiger partial charge in [0.15, 0.2) is 0 Å². The van der Waals surface area contributed by atoms with Crippen molar-refractivity contribution in [3.8, 4) is 5.69 Å². The summed E-state index contributed by atoms with van der Waals surface area (Å²) < 4.78 is 3.31. The number of aryl methyl sites for hydroxylation is 3. The molecule has 0 spiro atoms. The molecular weight excluding hydrogens is 348 g/mol. The first-order valence-electron chi connectivity index (χ1n) is 6.90. The van der Waals surface area contributed by atoms with Crippen LogP contribution in [0.5, 0.6) is 0 Å². The zero-order chi connectivity index (χ0) is 15.0. The zero-order valence-electron chi connectivity index (χ0n) is 12.0. The molecule has 0 fully saturated rings. The molecule has 1 heterocycles. The Morgan fingerprint density at radius 3 is 2.67 bits per heavy atom. The van der Waals surface area contributed by atoms with Gasteiger partial charge in [-0.25, -0.2) is 4.98 Å². The summed E-state index contributed by atoms with van der Waals surface area (Å²) in [6.07, 6.45) is 0.751. The molecule has 0 amide bonds. The fraction of sp³-hybridized carbons (Fsp3) is 0.235. The van der Waals surface area contributed by atoms with Crippen LogP contribution in [0.3, 0.4) is 0 Å². The van der Waals surface area contributed by atoms with Gasteiger partial charge in [0.2, 0.25) is 0 Å². The first kappa shape index (κ1) is 14.6. The van der Waals surface area contributed by atoms with Crippen molar-refractivity contribution in [2.45, 2.75) is 20.3 Å². The molecule has 0 aliphatic rings. The van der Waals surface area contributed by atoms with Gasteiger partial charge in [0, 0.05) is 22.5 Å². The van der Waals surface area contributed by atoms with Gasteiger partial charge in [0.05, 0.1) is 11.0 Å². The number of alkyl halides is 1. The Labute approximate surface area is 137 Å². The second-order valence-corrected chi connectivity index (χ2v) is 6.46. The first-order valence-corrected chi connectivity index (χ1v) is 8.23. The van der Waals surface area contributed by atoms with Crippen LogP contribution in [0.4, 0.5) is 0 Å². The molecule has 21 heavy (non-hydrogen) atoms. The van der Waals surface area contributed by atoms with E-state index < -0.39 is 0 Å². The van der Waals surface area contributed by atoms with E-state index in [4.69, 9.17) is 16.6 Å². The average Bonchev–Trinajstić information content (AvgIpc) is 2.80. The lowest BCUT2D eigenvalue weighted by Crippen LogP contribution is -2.02. The predicted molar refractivity (Wildman–Crippen MR) is 92.7 cm³/mol. The fourth-order valence-electron chi connectivity index (χ4n) is 2.50. The van der Waals surface area contributed by atoms with Gasteiger partial charge in [0.1, 0.15) is 5.82 Å². The van der Waals surface area contributed by atoms with Crippen molar-refractivity contribution in [3.05, 3.63) is 57.8 Å². The van der Waals surface area contributed by atoms with Crippen LogP contribution in [0.1, 0.15) is 17.0 Å². The van der Waals surface area contributed by atoms with Crippen molar-refractivity contribution in [2.75, 3.05) is 5.88 Å². The number of nitrogens with zero attached hydrogens (tertiary/aromatic N) is 2. The van der Waals surface area contributed by atoms with Crippen LogP contribution in [-0.2, 0) is 6.42 Å². The van der Waals surface area contributed by atoms with Crippen LogP contribution in [0.25, 0.3) is 16.7 Å².